The van der Waals surface area contributed by atoms with E-state index in [4.69, 9.17) is 14.2 Å². The molecule has 0 unspecified atom stereocenters. The molecule has 0 aromatic heterocycles. The minimum Gasteiger partial charge on any atom is -0.370 e. The Balaban J connectivity index is 1.91. The van der Waals surface area contributed by atoms with Crippen molar-refractivity contribution in [3.8, 4) is 0 Å². The van der Waals surface area contributed by atoms with Gasteiger partial charge in [0.2, 0.25) is 0 Å². The van der Waals surface area contributed by atoms with E-state index in [9.17, 15) is 0 Å². The highest BCUT2D eigenvalue weighted by Crippen LogP contribution is 2.27. The van der Waals surface area contributed by atoms with Gasteiger partial charge in [-0.05, 0) is 25.8 Å². The average molecular weight is 262 g/mol. The molecule has 1 heterocycles. The smallest absolute Gasteiger partial charge is 0.163 e. The summed E-state index contributed by atoms with van der Waals surface area (Å²) >= 11 is 0. The number of hydrogen-bond acceptors (Lipinski definition) is 3. The van der Waals surface area contributed by atoms with Crippen LogP contribution in [0, 0.1) is 0 Å². The summed E-state index contributed by atoms with van der Waals surface area (Å²) < 4.78 is 17.4. The molecule has 1 aromatic rings. The molecule has 0 saturated carbocycles. The first-order chi connectivity index (χ1) is 9.11. The monoisotopic (exact) mass is 262 g/mol. The molecule has 0 radical (unpaired) electrons. The third-order valence-corrected chi connectivity index (χ3v) is 3.15. The summed E-state index contributed by atoms with van der Waals surface area (Å²) in [6, 6.07) is 10.1. The van der Waals surface area contributed by atoms with Crippen molar-refractivity contribution in [3.63, 3.8) is 0 Å². The molecule has 19 heavy (non-hydrogen) atoms. The minimum atomic E-state index is -0.514. The van der Waals surface area contributed by atoms with Gasteiger partial charge in [-0.1, -0.05) is 36.4 Å². The molecule has 104 valence electrons. The molecule has 0 bridgehead atoms. The van der Waals surface area contributed by atoms with Crippen LogP contribution in [0.5, 0.6) is 0 Å². The normalized spacial score (nSPS) is 23.2. The first kappa shape index (κ1) is 14.3. The Labute approximate surface area is 115 Å². The zero-order chi connectivity index (χ0) is 13.7. The zero-order valence-electron chi connectivity index (χ0n) is 11.7. The predicted octanol–water partition coefficient (Wildman–Crippen LogP) is 3.30. The Morgan fingerprint density at radius 3 is 2.74 bits per heavy atom. The van der Waals surface area contributed by atoms with Gasteiger partial charge in [-0.2, -0.15) is 0 Å². The highest BCUT2D eigenvalue weighted by Gasteiger charge is 2.37. The van der Waals surface area contributed by atoms with Gasteiger partial charge in [-0.15, -0.1) is 6.58 Å². The van der Waals surface area contributed by atoms with E-state index in [2.05, 4.69) is 18.7 Å². The van der Waals surface area contributed by atoms with Crippen LogP contribution in [0.3, 0.4) is 0 Å². The van der Waals surface area contributed by atoms with Crippen molar-refractivity contribution in [2.24, 2.45) is 0 Å². The van der Waals surface area contributed by atoms with Crippen molar-refractivity contribution in [3.05, 3.63) is 48.6 Å². The quantitative estimate of drug-likeness (QED) is 0.736. The lowest BCUT2D eigenvalue weighted by atomic mass is 10.1. The zero-order valence-corrected chi connectivity index (χ0v) is 11.7. The fraction of sp³-hybridized carbons (Fsp3) is 0.500. The topological polar surface area (TPSA) is 27.7 Å². The molecule has 3 nitrogen and oxygen atoms in total. The van der Waals surface area contributed by atoms with Crippen molar-refractivity contribution in [2.45, 2.75) is 44.9 Å². The summed E-state index contributed by atoms with van der Waals surface area (Å²) in [6.45, 7) is 8.79. The number of ether oxygens (including phenoxy) is 3. The summed E-state index contributed by atoms with van der Waals surface area (Å²) in [7, 11) is 0. The number of hydrogen-bond donors (Lipinski definition) is 0. The fourth-order valence-corrected chi connectivity index (χ4v) is 2.17. The van der Waals surface area contributed by atoms with Crippen molar-refractivity contribution in [1.29, 1.82) is 0 Å². The second kappa shape index (κ2) is 6.33. The van der Waals surface area contributed by atoms with Crippen LogP contribution in [-0.2, 0) is 20.8 Å². The van der Waals surface area contributed by atoms with E-state index in [0.29, 0.717) is 13.2 Å². The van der Waals surface area contributed by atoms with Crippen molar-refractivity contribution >= 4 is 0 Å². The third kappa shape index (κ3) is 4.16. The van der Waals surface area contributed by atoms with E-state index in [-0.39, 0.29) is 12.2 Å². The molecule has 3 heteroatoms. The summed E-state index contributed by atoms with van der Waals surface area (Å²) in [6.07, 6.45) is 2.58. The first-order valence-electron chi connectivity index (χ1n) is 6.69. The summed E-state index contributed by atoms with van der Waals surface area (Å²) in [5.41, 5.74) is 1.16. The summed E-state index contributed by atoms with van der Waals surface area (Å²) in [5.74, 6) is -0.514. The van der Waals surface area contributed by atoms with E-state index in [1.807, 2.05) is 38.1 Å². The Morgan fingerprint density at radius 2 is 2.16 bits per heavy atom. The number of rotatable bonds is 6. The van der Waals surface area contributed by atoms with E-state index < -0.39 is 5.79 Å². The van der Waals surface area contributed by atoms with E-state index >= 15 is 0 Å². The molecule has 0 amide bonds. The van der Waals surface area contributed by atoms with Gasteiger partial charge in [0.25, 0.3) is 0 Å². The molecule has 1 aliphatic heterocycles. The highest BCUT2D eigenvalue weighted by molar-refractivity contribution is 5.13. The molecule has 1 fully saturated rings. The van der Waals surface area contributed by atoms with Crippen LogP contribution in [0.15, 0.2) is 43.0 Å². The second-order valence-corrected chi connectivity index (χ2v) is 5.23. The molecule has 2 rings (SSSR count). The molecular weight excluding hydrogens is 240 g/mol. The van der Waals surface area contributed by atoms with Crippen molar-refractivity contribution < 1.29 is 14.2 Å². The van der Waals surface area contributed by atoms with E-state index in [1.54, 1.807) is 0 Å². The maximum Gasteiger partial charge on any atom is 0.163 e. The molecule has 1 aliphatic rings. The van der Waals surface area contributed by atoms with Crippen molar-refractivity contribution in [1.82, 2.24) is 0 Å². The first-order valence-corrected chi connectivity index (χ1v) is 6.69. The Bertz CT molecular complexity index is 400. The predicted molar refractivity (Wildman–Crippen MR) is 74.7 cm³/mol. The molecule has 1 saturated heterocycles. The molecule has 0 spiro atoms. The summed E-state index contributed by atoms with van der Waals surface area (Å²) in [5, 5.41) is 0. The maximum atomic E-state index is 5.97. The van der Waals surface area contributed by atoms with Crippen molar-refractivity contribution in [2.75, 3.05) is 6.61 Å². The van der Waals surface area contributed by atoms with Crippen LogP contribution in [0.2, 0.25) is 0 Å². The summed E-state index contributed by atoms with van der Waals surface area (Å²) in [4.78, 5) is 0. The minimum absolute atomic E-state index is 0.0144. The molecular formula is C16H22O3. The average Bonchev–Trinajstić information content (AvgIpc) is 2.76. The van der Waals surface area contributed by atoms with Crippen LogP contribution < -0.4 is 0 Å². The lowest BCUT2D eigenvalue weighted by Gasteiger charge is -2.23. The van der Waals surface area contributed by atoms with Gasteiger partial charge in [0.15, 0.2) is 5.79 Å². The molecule has 1 aromatic carbocycles. The van der Waals surface area contributed by atoms with E-state index in [1.165, 1.54) is 0 Å². The SMILES string of the molecule is C=CC[C@H](OCc1ccccc1)[C@@H]1COC(C)(C)O1. The van der Waals surface area contributed by atoms with Crippen LogP contribution in [0.4, 0.5) is 0 Å². The van der Waals surface area contributed by atoms with Crippen LogP contribution in [0.25, 0.3) is 0 Å². The largest absolute Gasteiger partial charge is 0.370 e. The molecule has 0 N–H and O–H groups in total. The Hall–Kier alpha value is -1.16. The highest BCUT2D eigenvalue weighted by atomic mass is 16.7. The second-order valence-electron chi connectivity index (χ2n) is 5.23. The maximum absolute atomic E-state index is 5.97. The van der Waals surface area contributed by atoms with Crippen LogP contribution >= 0.6 is 0 Å². The van der Waals surface area contributed by atoms with Crippen LogP contribution in [0.1, 0.15) is 25.8 Å². The van der Waals surface area contributed by atoms with Gasteiger partial charge in [0.1, 0.15) is 6.10 Å². The molecule has 2 atom stereocenters. The van der Waals surface area contributed by atoms with E-state index in [0.717, 1.165) is 12.0 Å². The molecule has 0 aliphatic carbocycles. The Kier molecular flexibility index (Phi) is 4.75. The fourth-order valence-electron chi connectivity index (χ4n) is 2.17. The van der Waals surface area contributed by atoms with Gasteiger partial charge in [0, 0.05) is 0 Å². The third-order valence-electron chi connectivity index (χ3n) is 3.15. The number of benzene rings is 1. The van der Waals surface area contributed by atoms with Gasteiger partial charge in [0.05, 0.1) is 19.3 Å². The van der Waals surface area contributed by atoms with Gasteiger partial charge < -0.3 is 14.2 Å². The Morgan fingerprint density at radius 1 is 1.42 bits per heavy atom. The lowest BCUT2D eigenvalue weighted by Crippen LogP contribution is -2.32. The van der Waals surface area contributed by atoms with Gasteiger partial charge in [-0.25, -0.2) is 0 Å². The lowest BCUT2D eigenvalue weighted by molar-refractivity contribution is -0.157. The van der Waals surface area contributed by atoms with Crippen LogP contribution in [-0.4, -0.2) is 24.6 Å². The van der Waals surface area contributed by atoms with Gasteiger partial charge >= 0.3 is 0 Å². The van der Waals surface area contributed by atoms with Gasteiger partial charge in [-0.3, -0.25) is 0 Å². The standard InChI is InChI=1S/C16H22O3/c1-4-8-14(15-12-18-16(2,3)19-15)17-11-13-9-6-5-7-10-13/h4-7,9-10,14-15H,1,8,11-12H2,2-3H3/t14-,15-/m0/s1.